The maximum atomic E-state index is 12.3. The SMILES string of the molecule is Cc1ncc(-c2ccc(S(=O)(=O)C(C)C)cc2)nc1-c1nnc(-c2cc(C#N)cs2)o1. The Morgan fingerprint density at radius 1 is 1.13 bits per heavy atom. The zero-order valence-corrected chi connectivity index (χ0v) is 18.5. The van der Waals surface area contributed by atoms with E-state index >= 15 is 0 Å². The Bertz CT molecular complexity index is 1400. The number of rotatable bonds is 5. The van der Waals surface area contributed by atoms with E-state index in [0.29, 0.717) is 39.0 Å². The van der Waals surface area contributed by atoms with Crippen LogP contribution in [0.4, 0.5) is 0 Å². The summed E-state index contributed by atoms with van der Waals surface area (Å²) < 4.78 is 30.4. The van der Waals surface area contributed by atoms with Gasteiger partial charge in [0.1, 0.15) is 11.8 Å². The Labute approximate surface area is 183 Å². The van der Waals surface area contributed by atoms with Crippen LogP contribution in [0.25, 0.3) is 33.6 Å². The van der Waals surface area contributed by atoms with Crippen LogP contribution in [-0.2, 0) is 9.84 Å². The zero-order valence-electron chi connectivity index (χ0n) is 16.9. The van der Waals surface area contributed by atoms with Crippen molar-refractivity contribution in [2.75, 3.05) is 0 Å². The third kappa shape index (κ3) is 3.97. The van der Waals surface area contributed by atoms with Gasteiger partial charge in [0.25, 0.3) is 11.8 Å². The number of benzene rings is 1. The molecule has 31 heavy (non-hydrogen) atoms. The Morgan fingerprint density at radius 3 is 2.48 bits per heavy atom. The van der Waals surface area contributed by atoms with E-state index in [0.717, 1.165) is 0 Å². The summed E-state index contributed by atoms with van der Waals surface area (Å²) in [4.78, 5) is 9.95. The minimum atomic E-state index is -3.35. The van der Waals surface area contributed by atoms with Crippen molar-refractivity contribution in [3.63, 3.8) is 0 Å². The van der Waals surface area contributed by atoms with E-state index in [9.17, 15) is 8.42 Å². The number of hydrogen-bond donors (Lipinski definition) is 0. The second-order valence-corrected chi connectivity index (χ2v) is 10.4. The lowest BCUT2D eigenvalue weighted by Crippen LogP contribution is -2.13. The van der Waals surface area contributed by atoms with E-state index in [1.54, 1.807) is 62.7 Å². The molecule has 0 N–H and O–H groups in total. The fourth-order valence-electron chi connectivity index (χ4n) is 2.80. The monoisotopic (exact) mass is 451 g/mol. The molecule has 8 nitrogen and oxygen atoms in total. The molecule has 156 valence electrons. The summed E-state index contributed by atoms with van der Waals surface area (Å²) >= 11 is 1.34. The zero-order chi connectivity index (χ0) is 22.2. The second-order valence-electron chi connectivity index (χ2n) is 7.03. The summed E-state index contributed by atoms with van der Waals surface area (Å²) in [6.07, 6.45) is 1.61. The summed E-state index contributed by atoms with van der Waals surface area (Å²) in [5, 5.41) is 18.3. The first-order valence-electron chi connectivity index (χ1n) is 9.30. The first-order chi connectivity index (χ1) is 14.8. The second kappa shape index (κ2) is 8.02. The highest BCUT2D eigenvalue weighted by molar-refractivity contribution is 7.92. The molecule has 10 heteroatoms. The van der Waals surface area contributed by atoms with Gasteiger partial charge in [0.2, 0.25) is 0 Å². The van der Waals surface area contributed by atoms with E-state index < -0.39 is 15.1 Å². The van der Waals surface area contributed by atoms with Crippen LogP contribution in [0.15, 0.2) is 51.2 Å². The smallest absolute Gasteiger partial charge is 0.268 e. The molecular weight excluding hydrogens is 434 g/mol. The summed E-state index contributed by atoms with van der Waals surface area (Å²) in [6.45, 7) is 5.08. The van der Waals surface area contributed by atoms with Crippen molar-refractivity contribution in [3.05, 3.63) is 53.2 Å². The molecule has 4 aromatic rings. The van der Waals surface area contributed by atoms with Crippen molar-refractivity contribution in [2.45, 2.75) is 30.9 Å². The van der Waals surface area contributed by atoms with Gasteiger partial charge in [0, 0.05) is 10.9 Å². The molecule has 0 spiro atoms. The normalized spacial score (nSPS) is 11.6. The van der Waals surface area contributed by atoms with Crippen molar-refractivity contribution in [2.24, 2.45) is 0 Å². The van der Waals surface area contributed by atoms with Gasteiger partial charge in [-0.15, -0.1) is 21.5 Å². The molecule has 0 saturated heterocycles. The summed E-state index contributed by atoms with van der Waals surface area (Å²) in [7, 11) is -3.35. The molecule has 0 bridgehead atoms. The van der Waals surface area contributed by atoms with Gasteiger partial charge < -0.3 is 4.42 Å². The van der Waals surface area contributed by atoms with Crippen molar-refractivity contribution in [1.29, 1.82) is 5.26 Å². The Morgan fingerprint density at radius 2 is 1.84 bits per heavy atom. The number of sulfone groups is 1. The van der Waals surface area contributed by atoms with Crippen LogP contribution < -0.4 is 0 Å². The quantitative estimate of drug-likeness (QED) is 0.440. The van der Waals surface area contributed by atoms with Crippen LogP contribution in [-0.4, -0.2) is 33.8 Å². The third-order valence-corrected chi connectivity index (χ3v) is 7.71. The van der Waals surface area contributed by atoms with Crippen LogP contribution in [0.1, 0.15) is 25.1 Å². The van der Waals surface area contributed by atoms with Gasteiger partial charge in [-0.2, -0.15) is 5.26 Å². The third-order valence-electron chi connectivity index (χ3n) is 4.62. The Hall–Kier alpha value is -3.42. The first-order valence-corrected chi connectivity index (χ1v) is 11.7. The highest BCUT2D eigenvalue weighted by Gasteiger charge is 2.20. The van der Waals surface area contributed by atoms with Gasteiger partial charge in [-0.25, -0.2) is 13.4 Å². The van der Waals surface area contributed by atoms with Gasteiger partial charge in [0.15, 0.2) is 9.84 Å². The van der Waals surface area contributed by atoms with Gasteiger partial charge in [0.05, 0.1) is 38.2 Å². The van der Waals surface area contributed by atoms with E-state index in [-0.39, 0.29) is 10.8 Å². The van der Waals surface area contributed by atoms with E-state index in [2.05, 4.69) is 26.2 Å². The molecule has 0 aliphatic rings. The van der Waals surface area contributed by atoms with Crippen LogP contribution in [0, 0.1) is 18.3 Å². The number of hydrogen-bond acceptors (Lipinski definition) is 9. The van der Waals surface area contributed by atoms with Crippen molar-refractivity contribution < 1.29 is 12.8 Å². The van der Waals surface area contributed by atoms with Crippen LogP contribution in [0.3, 0.4) is 0 Å². The molecule has 1 aromatic carbocycles. The van der Waals surface area contributed by atoms with Crippen LogP contribution in [0.5, 0.6) is 0 Å². The fourth-order valence-corrected chi connectivity index (χ4v) is 4.62. The summed E-state index contributed by atoms with van der Waals surface area (Å²) in [5.41, 5.74) is 2.85. The van der Waals surface area contributed by atoms with E-state index in [1.165, 1.54) is 11.3 Å². The molecule has 0 saturated carbocycles. The Balaban J connectivity index is 1.68. The number of aromatic nitrogens is 4. The van der Waals surface area contributed by atoms with Gasteiger partial charge in [-0.3, -0.25) is 4.98 Å². The minimum Gasteiger partial charge on any atom is -0.414 e. The lowest BCUT2D eigenvalue weighted by Gasteiger charge is -2.09. The molecule has 3 heterocycles. The molecule has 0 atom stereocenters. The molecule has 0 radical (unpaired) electrons. The van der Waals surface area contributed by atoms with Gasteiger partial charge in [-0.05, 0) is 39.0 Å². The molecule has 0 aliphatic carbocycles. The number of nitrogens with zero attached hydrogens (tertiary/aromatic N) is 5. The number of nitriles is 1. The molecule has 0 aliphatic heterocycles. The molecular formula is C21H17N5O3S2. The number of aryl methyl sites for hydroxylation is 1. The highest BCUT2D eigenvalue weighted by Crippen LogP contribution is 2.30. The lowest BCUT2D eigenvalue weighted by atomic mass is 10.1. The van der Waals surface area contributed by atoms with Gasteiger partial charge >= 0.3 is 0 Å². The largest absolute Gasteiger partial charge is 0.414 e. The van der Waals surface area contributed by atoms with E-state index in [4.69, 9.17) is 9.68 Å². The molecule has 4 rings (SSSR count). The Kier molecular flexibility index (Phi) is 5.39. The predicted octanol–water partition coefficient (Wildman–Crippen LogP) is 4.28. The topological polar surface area (TPSA) is 123 Å². The van der Waals surface area contributed by atoms with Gasteiger partial charge in [-0.1, -0.05) is 12.1 Å². The molecule has 0 amide bonds. The summed E-state index contributed by atoms with van der Waals surface area (Å²) in [5.74, 6) is 0.518. The first kappa shape index (κ1) is 20.8. The van der Waals surface area contributed by atoms with Crippen molar-refractivity contribution >= 4 is 21.2 Å². The predicted molar refractivity (Wildman–Crippen MR) is 116 cm³/mol. The fraction of sp³-hybridized carbons (Fsp3) is 0.190. The van der Waals surface area contributed by atoms with Crippen LogP contribution >= 0.6 is 11.3 Å². The maximum absolute atomic E-state index is 12.3. The summed E-state index contributed by atoms with van der Waals surface area (Å²) in [6, 6.07) is 10.3. The average Bonchev–Trinajstić information content (AvgIpc) is 3.43. The average molecular weight is 452 g/mol. The van der Waals surface area contributed by atoms with Crippen LogP contribution in [0.2, 0.25) is 0 Å². The molecule has 0 fully saturated rings. The number of thiophene rings is 1. The highest BCUT2D eigenvalue weighted by atomic mass is 32.2. The minimum absolute atomic E-state index is 0.216. The van der Waals surface area contributed by atoms with Crippen molar-refractivity contribution in [1.82, 2.24) is 20.2 Å². The lowest BCUT2D eigenvalue weighted by molar-refractivity contribution is 0.582. The molecule has 3 aromatic heterocycles. The maximum Gasteiger partial charge on any atom is 0.268 e. The standard InChI is InChI=1S/C21H17N5O3S2/c1-12(2)31(27,28)16-6-4-15(5-7-16)17-10-23-13(3)19(24-17)21-26-25-20(29-21)18-8-14(9-22)11-30-18/h4-8,10-12H,1-3H3. The molecule has 0 unspecified atom stereocenters. The van der Waals surface area contributed by atoms with E-state index in [1.807, 2.05) is 0 Å². The van der Waals surface area contributed by atoms with Crippen molar-refractivity contribution in [3.8, 4) is 39.7 Å².